The van der Waals surface area contributed by atoms with Crippen molar-refractivity contribution in [3.05, 3.63) is 29.8 Å². The Balaban J connectivity index is 2.21. The molecule has 17 heavy (non-hydrogen) atoms. The first kappa shape index (κ1) is 12.8. The van der Waals surface area contributed by atoms with Crippen LogP contribution in [0.25, 0.3) is 0 Å². The molecule has 2 N–H and O–H groups in total. The number of ether oxygens (including phenoxy) is 1. The molecule has 3 heteroatoms. The van der Waals surface area contributed by atoms with Gasteiger partial charge >= 0.3 is 0 Å². The number of thioether (sulfide) groups is 1. The highest BCUT2D eigenvalue weighted by Gasteiger charge is 2.26. The fourth-order valence-electron chi connectivity index (χ4n) is 2.66. The molecular formula is C14H21NOS. The van der Waals surface area contributed by atoms with Crippen LogP contribution >= 0.6 is 11.8 Å². The molecule has 1 saturated heterocycles. The third kappa shape index (κ3) is 2.96. The van der Waals surface area contributed by atoms with Crippen LogP contribution in [0.15, 0.2) is 24.3 Å². The molecule has 0 aromatic heterocycles. The van der Waals surface area contributed by atoms with Gasteiger partial charge in [0.25, 0.3) is 0 Å². The number of hydrogen-bond acceptors (Lipinski definition) is 3. The maximum absolute atomic E-state index is 6.00. The molecule has 2 nitrogen and oxygen atoms in total. The molecule has 1 atom stereocenters. The van der Waals surface area contributed by atoms with E-state index in [1.54, 1.807) is 7.11 Å². The van der Waals surface area contributed by atoms with Crippen molar-refractivity contribution < 1.29 is 4.74 Å². The molecule has 0 aliphatic carbocycles. The van der Waals surface area contributed by atoms with Gasteiger partial charge in [-0.2, -0.15) is 11.8 Å². The number of methoxy groups -OCH3 is 1. The summed E-state index contributed by atoms with van der Waals surface area (Å²) in [5, 5.41) is 0. The largest absolute Gasteiger partial charge is 0.496 e. The van der Waals surface area contributed by atoms with Crippen molar-refractivity contribution in [2.45, 2.75) is 18.8 Å². The fraction of sp³-hybridized carbons (Fsp3) is 0.571. The first-order valence-electron chi connectivity index (χ1n) is 6.27. The molecule has 0 saturated carbocycles. The molecule has 0 spiro atoms. The van der Waals surface area contributed by atoms with E-state index in [4.69, 9.17) is 10.5 Å². The Morgan fingerprint density at radius 3 is 2.71 bits per heavy atom. The Bertz CT molecular complexity index is 350. The molecule has 1 fully saturated rings. The summed E-state index contributed by atoms with van der Waals surface area (Å²) in [6.07, 6.45) is 2.56. The summed E-state index contributed by atoms with van der Waals surface area (Å²) in [5.41, 5.74) is 7.28. The van der Waals surface area contributed by atoms with Crippen LogP contribution in [0.1, 0.15) is 24.3 Å². The van der Waals surface area contributed by atoms with Crippen LogP contribution in [0.5, 0.6) is 5.75 Å². The van der Waals surface area contributed by atoms with Gasteiger partial charge in [0.05, 0.1) is 7.11 Å². The second-order valence-corrected chi connectivity index (χ2v) is 5.76. The summed E-state index contributed by atoms with van der Waals surface area (Å²) < 4.78 is 5.46. The third-order valence-electron chi connectivity index (χ3n) is 3.63. The molecule has 1 unspecified atom stereocenters. The van der Waals surface area contributed by atoms with E-state index >= 15 is 0 Å². The van der Waals surface area contributed by atoms with Crippen molar-refractivity contribution in [2.24, 2.45) is 11.7 Å². The van der Waals surface area contributed by atoms with E-state index in [9.17, 15) is 0 Å². The minimum Gasteiger partial charge on any atom is -0.496 e. The monoisotopic (exact) mass is 251 g/mol. The first-order valence-corrected chi connectivity index (χ1v) is 7.43. The lowest BCUT2D eigenvalue weighted by molar-refractivity contribution is 0.369. The van der Waals surface area contributed by atoms with Crippen molar-refractivity contribution >= 4 is 11.8 Å². The van der Waals surface area contributed by atoms with Crippen LogP contribution in [-0.2, 0) is 0 Å². The Kier molecular flexibility index (Phi) is 4.75. The molecule has 0 bridgehead atoms. The van der Waals surface area contributed by atoms with Gasteiger partial charge in [-0.1, -0.05) is 18.2 Å². The fourth-order valence-corrected chi connectivity index (χ4v) is 3.81. The van der Waals surface area contributed by atoms with Gasteiger partial charge in [0.15, 0.2) is 0 Å². The molecule has 2 rings (SSSR count). The van der Waals surface area contributed by atoms with Crippen LogP contribution in [0.2, 0.25) is 0 Å². The lowest BCUT2D eigenvalue weighted by Gasteiger charge is -2.30. The van der Waals surface area contributed by atoms with Crippen molar-refractivity contribution in [3.63, 3.8) is 0 Å². The highest BCUT2D eigenvalue weighted by Crippen LogP contribution is 2.37. The van der Waals surface area contributed by atoms with Gasteiger partial charge in [-0.3, -0.25) is 0 Å². The Morgan fingerprint density at radius 2 is 2.06 bits per heavy atom. The Labute approximate surface area is 108 Å². The third-order valence-corrected chi connectivity index (χ3v) is 4.68. The predicted octanol–water partition coefficient (Wildman–Crippen LogP) is 2.88. The predicted molar refractivity (Wildman–Crippen MR) is 74.8 cm³/mol. The zero-order valence-corrected chi connectivity index (χ0v) is 11.2. The number of rotatable bonds is 4. The Hall–Kier alpha value is -0.670. The standard InChI is InChI=1S/C14H21NOS/c1-16-14-5-3-2-4-12(14)13(10-15)11-6-8-17-9-7-11/h2-5,11,13H,6-10,15H2,1H3. The van der Waals surface area contributed by atoms with Gasteiger partial charge in [0, 0.05) is 5.92 Å². The van der Waals surface area contributed by atoms with Gasteiger partial charge < -0.3 is 10.5 Å². The molecule has 0 amide bonds. The van der Waals surface area contributed by atoms with Gasteiger partial charge in [0.2, 0.25) is 0 Å². The van der Waals surface area contributed by atoms with Gasteiger partial charge in [-0.15, -0.1) is 0 Å². The van der Waals surface area contributed by atoms with Crippen molar-refractivity contribution in [3.8, 4) is 5.75 Å². The highest BCUT2D eigenvalue weighted by atomic mass is 32.2. The number of hydrogen-bond donors (Lipinski definition) is 1. The summed E-state index contributed by atoms with van der Waals surface area (Å²) in [7, 11) is 1.74. The van der Waals surface area contributed by atoms with Crippen LogP contribution in [0, 0.1) is 5.92 Å². The second-order valence-electron chi connectivity index (χ2n) is 4.53. The summed E-state index contributed by atoms with van der Waals surface area (Å²) >= 11 is 2.06. The maximum Gasteiger partial charge on any atom is 0.122 e. The average Bonchev–Trinajstić information content (AvgIpc) is 2.41. The topological polar surface area (TPSA) is 35.2 Å². The zero-order chi connectivity index (χ0) is 12.1. The lowest BCUT2D eigenvalue weighted by atomic mass is 9.82. The van der Waals surface area contributed by atoms with E-state index in [2.05, 4.69) is 23.9 Å². The van der Waals surface area contributed by atoms with E-state index < -0.39 is 0 Å². The van der Waals surface area contributed by atoms with Crippen molar-refractivity contribution in [1.29, 1.82) is 0 Å². The molecule has 1 heterocycles. The number of nitrogens with two attached hydrogens (primary N) is 1. The van der Waals surface area contributed by atoms with E-state index in [0.717, 1.165) is 18.2 Å². The molecule has 1 aliphatic rings. The van der Waals surface area contributed by atoms with Crippen molar-refractivity contribution in [1.82, 2.24) is 0 Å². The molecular weight excluding hydrogens is 230 g/mol. The van der Waals surface area contributed by atoms with Crippen molar-refractivity contribution in [2.75, 3.05) is 25.2 Å². The van der Waals surface area contributed by atoms with E-state index in [-0.39, 0.29) is 0 Å². The normalized spacial score (nSPS) is 18.9. The average molecular weight is 251 g/mol. The van der Waals surface area contributed by atoms with Gasteiger partial charge in [0.1, 0.15) is 5.75 Å². The lowest BCUT2D eigenvalue weighted by Crippen LogP contribution is -2.25. The molecule has 1 aliphatic heterocycles. The maximum atomic E-state index is 6.00. The zero-order valence-electron chi connectivity index (χ0n) is 10.4. The van der Waals surface area contributed by atoms with Crippen LogP contribution in [0.4, 0.5) is 0 Å². The van der Waals surface area contributed by atoms with E-state index in [0.29, 0.717) is 5.92 Å². The number of benzene rings is 1. The summed E-state index contributed by atoms with van der Waals surface area (Å²) in [5.74, 6) is 4.71. The highest BCUT2D eigenvalue weighted by molar-refractivity contribution is 7.99. The quantitative estimate of drug-likeness (QED) is 0.893. The minimum atomic E-state index is 0.451. The minimum absolute atomic E-state index is 0.451. The molecule has 94 valence electrons. The van der Waals surface area contributed by atoms with Crippen LogP contribution in [0.3, 0.4) is 0 Å². The SMILES string of the molecule is COc1ccccc1C(CN)C1CCSCC1. The van der Waals surface area contributed by atoms with E-state index in [1.165, 1.54) is 29.9 Å². The number of para-hydroxylation sites is 1. The summed E-state index contributed by atoms with van der Waals surface area (Å²) in [6, 6.07) is 8.30. The molecule has 1 aromatic carbocycles. The molecule has 1 aromatic rings. The van der Waals surface area contributed by atoms with Gasteiger partial charge in [-0.05, 0) is 48.4 Å². The van der Waals surface area contributed by atoms with Crippen LogP contribution in [-0.4, -0.2) is 25.2 Å². The van der Waals surface area contributed by atoms with Crippen LogP contribution < -0.4 is 10.5 Å². The molecule has 0 radical (unpaired) electrons. The Morgan fingerprint density at radius 1 is 1.35 bits per heavy atom. The smallest absolute Gasteiger partial charge is 0.122 e. The second kappa shape index (κ2) is 6.31. The summed E-state index contributed by atoms with van der Waals surface area (Å²) in [6.45, 7) is 0.718. The summed E-state index contributed by atoms with van der Waals surface area (Å²) in [4.78, 5) is 0. The first-order chi connectivity index (χ1) is 8.36. The van der Waals surface area contributed by atoms with Gasteiger partial charge in [-0.25, -0.2) is 0 Å². The van der Waals surface area contributed by atoms with E-state index in [1.807, 2.05) is 12.1 Å².